The van der Waals surface area contributed by atoms with E-state index >= 15 is 0 Å². The molecular formula is C38H72N14O11. The standard InChI is InChI=1S/C38H72N14O11/c1-17(2)15-24(32(58)51-27(19(5)6)35(61)52-28(21(8)54)36(62)63)48-33(59)25(16-53)49-34(60)26(18(3)4)50-29(55)20(7)46-31(57)23(12-10-14-45-38(42)43)47-30(56)22(39)11-9-13-44-37(40)41/h17-28,53-54H,9-16,39H2,1-8H3,(H,46,57)(H,47,56)(H,48,59)(H,49,60)(H,50,55)(H,51,58)(H,52,61)(H,62,63)(H4,40,41,44)(H4,42,43,45)/t20-,21+,22-,23-,24-,25-,26-,27-,28-/m0/s1. The Kier molecular flexibility index (Phi) is 26.1. The molecule has 0 aromatic carbocycles. The van der Waals surface area contributed by atoms with Crippen molar-refractivity contribution in [1.82, 2.24) is 37.2 Å². The van der Waals surface area contributed by atoms with E-state index < -0.39 is 120 Å². The first kappa shape index (κ1) is 57.2. The molecular weight excluding hydrogens is 829 g/mol. The number of rotatable bonds is 29. The molecule has 9 atom stereocenters. The van der Waals surface area contributed by atoms with Gasteiger partial charge in [0.05, 0.1) is 18.8 Å². The fraction of sp³-hybridized carbons (Fsp3) is 0.737. The van der Waals surface area contributed by atoms with Crippen molar-refractivity contribution in [2.24, 2.45) is 56.4 Å². The minimum Gasteiger partial charge on any atom is -0.480 e. The van der Waals surface area contributed by atoms with Gasteiger partial charge in [-0.1, -0.05) is 41.5 Å². The molecule has 0 aliphatic rings. The molecule has 63 heavy (non-hydrogen) atoms. The van der Waals surface area contributed by atoms with E-state index in [1.807, 2.05) is 0 Å². The summed E-state index contributed by atoms with van der Waals surface area (Å²) in [5.74, 6) is -8.94. The number of carboxylic acid groups (broad SMARTS) is 1. The quantitative estimate of drug-likeness (QED) is 0.0189. The summed E-state index contributed by atoms with van der Waals surface area (Å²) in [6.45, 7) is 11.8. The Morgan fingerprint density at radius 3 is 1.38 bits per heavy atom. The normalized spacial score (nSPS) is 15.5. The van der Waals surface area contributed by atoms with Crippen LogP contribution in [0.3, 0.4) is 0 Å². The largest absolute Gasteiger partial charge is 0.480 e. The van der Waals surface area contributed by atoms with Crippen LogP contribution in [0.4, 0.5) is 0 Å². The van der Waals surface area contributed by atoms with Crippen molar-refractivity contribution >= 4 is 59.2 Å². The highest BCUT2D eigenvalue weighted by molar-refractivity contribution is 5.97. The van der Waals surface area contributed by atoms with E-state index in [0.717, 1.165) is 0 Å². The molecule has 25 nitrogen and oxygen atoms in total. The van der Waals surface area contributed by atoms with Gasteiger partial charge in [-0.2, -0.15) is 0 Å². The number of carbonyl (C=O) groups is 8. The molecule has 0 saturated carbocycles. The van der Waals surface area contributed by atoms with Crippen LogP contribution in [0.2, 0.25) is 0 Å². The zero-order valence-electron chi connectivity index (χ0n) is 37.5. The number of carbonyl (C=O) groups excluding carboxylic acids is 7. The summed E-state index contributed by atoms with van der Waals surface area (Å²) in [5, 5.41) is 46.5. The number of aliphatic hydroxyl groups is 2. The molecule has 0 radical (unpaired) electrons. The summed E-state index contributed by atoms with van der Waals surface area (Å²) in [4.78, 5) is 112. The van der Waals surface area contributed by atoms with Crippen molar-refractivity contribution in [3.05, 3.63) is 0 Å². The molecule has 25 heteroatoms. The number of guanidine groups is 2. The van der Waals surface area contributed by atoms with Crippen molar-refractivity contribution < 1.29 is 53.7 Å². The van der Waals surface area contributed by atoms with Crippen LogP contribution in [0.25, 0.3) is 0 Å². The number of carboxylic acids is 1. The van der Waals surface area contributed by atoms with Crippen LogP contribution in [0, 0.1) is 17.8 Å². The highest BCUT2D eigenvalue weighted by Crippen LogP contribution is 2.10. The summed E-state index contributed by atoms with van der Waals surface area (Å²) in [6.07, 6.45) is -0.534. The van der Waals surface area contributed by atoms with E-state index in [9.17, 15) is 53.7 Å². The van der Waals surface area contributed by atoms with Crippen molar-refractivity contribution in [3.63, 3.8) is 0 Å². The van der Waals surface area contributed by atoms with Gasteiger partial charge >= 0.3 is 5.97 Å². The summed E-state index contributed by atoms with van der Waals surface area (Å²) in [7, 11) is 0. The summed E-state index contributed by atoms with van der Waals surface area (Å²) in [5.41, 5.74) is 27.4. The van der Waals surface area contributed by atoms with Gasteiger partial charge in [0, 0.05) is 13.1 Å². The number of aliphatic carboxylic acids is 1. The first-order valence-corrected chi connectivity index (χ1v) is 20.7. The van der Waals surface area contributed by atoms with Crippen LogP contribution in [0.1, 0.15) is 87.5 Å². The van der Waals surface area contributed by atoms with Crippen LogP contribution in [-0.4, -0.2) is 149 Å². The lowest BCUT2D eigenvalue weighted by Gasteiger charge is -2.29. The average Bonchev–Trinajstić information content (AvgIpc) is 3.17. The second kappa shape index (κ2) is 28.7. The molecule has 0 fully saturated rings. The Hall–Kier alpha value is -5.82. The van der Waals surface area contributed by atoms with Crippen LogP contribution in [-0.2, 0) is 38.4 Å². The maximum atomic E-state index is 13.5. The number of aliphatic imine (C=N–C) groups is 2. The Morgan fingerprint density at radius 1 is 0.524 bits per heavy atom. The second-order valence-electron chi connectivity index (χ2n) is 16.3. The van der Waals surface area contributed by atoms with E-state index in [-0.39, 0.29) is 56.6 Å². The van der Waals surface area contributed by atoms with Crippen LogP contribution >= 0.6 is 0 Å². The van der Waals surface area contributed by atoms with Gasteiger partial charge in [0.15, 0.2) is 18.0 Å². The smallest absolute Gasteiger partial charge is 0.328 e. The fourth-order valence-corrected chi connectivity index (χ4v) is 5.75. The molecule has 0 saturated heterocycles. The molecule has 0 unspecified atom stereocenters. The highest BCUT2D eigenvalue weighted by atomic mass is 16.4. The zero-order chi connectivity index (χ0) is 48.7. The van der Waals surface area contributed by atoms with E-state index in [2.05, 4.69) is 47.2 Å². The number of nitrogens with two attached hydrogens (primary N) is 5. The molecule has 0 aliphatic carbocycles. The van der Waals surface area contributed by atoms with E-state index in [0.29, 0.717) is 6.42 Å². The third-order valence-electron chi connectivity index (χ3n) is 9.33. The molecule has 0 bridgehead atoms. The topological polar surface area (TPSA) is 436 Å². The van der Waals surface area contributed by atoms with Crippen LogP contribution < -0.4 is 65.9 Å². The van der Waals surface area contributed by atoms with Gasteiger partial charge in [0.2, 0.25) is 41.4 Å². The zero-order valence-corrected chi connectivity index (χ0v) is 37.5. The van der Waals surface area contributed by atoms with Gasteiger partial charge in [-0.05, 0) is 63.7 Å². The van der Waals surface area contributed by atoms with E-state index in [1.165, 1.54) is 13.8 Å². The predicted octanol–water partition coefficient (Wildman–Crippen LogP) is -5.35. The Bertz CT molecular complexity index is 1600. The van der Waals surface area contributed by atoms with Crippen LogP contribution in [0.5, 0.6) is 0 Å². The molecule has 0 spiro atoms. The Balaban J connectivity index is 5.95. The molecule has 360 valence electrons. The number of hydrogen-bond donors (Lipinski definition) is 15. The first-order valence-electron chi connectivity index (χ1n) is 20.7. The molecule has 7 amide bonds. The van der Waals surface area contributed by atoms with E-state index in [4.69, 9.17) is 28.7 Å². The summed E-state index contributed by atoms with van der Waals surface area (Å²) >= 11 is 0. The minimum atomic E-state index is -1.66. The summed E-state index contributed by atoms with van der Waals surface area (Å²) in [6, 6.07) is -10.6. The van der Waals surface area contributed by atoms with E-state index in [1.54, 1.807) is 41.5 Å². The lowest BCUT2D eigenvalue weighted by molar-refractivity contribution is -0.145. The monoisotopic (exact) mass is 901 g/mol. The van der Waals surface area contributed by atoms with Gasteiger partial charge < -0.3 is 81.2 Å². The van der Waals surface area contributed by atoms with Gasteiger partial charge in [0.25, 0.3) is 0 Å². The fourth-order valence-electron chi connectivity index (χ4n) is 5.75. The molecule has 0 heterocycles. The van der Waals surface area contributed by atoms with Gasteiger partial charge in [-0.15, -0.1) is 0 Å². The number of aliphatic hydroxyl groups excluding tert-OH is 2. The molecule has 0 rings (SSSR count). The second-order valence-corrected chi connectivity index (χ2v) is 16.3. The van der Waals surface area contributed by atoms with Gasteiger partial charge in [-0.25, -0.2) is 4.79 Å². The molecule has 0 aromatic heterocycles. The SMILES string of the molecule is CC(C)C[C@H](NC(=O)[C@H](CO)NC(=O)[C@@H](NC(=O)[C@H](C)NC(=O)[C@H](CCCN=C(N)N)NC(=O)[C@@H](N)CCCN=C(N)N)C(C)C)C(=O)N[C@H](C(=O)N[C@H](C(=O)O)[C@@H](C)O)C(C)C. The highest BCUT2D eigenvalue weighted by Gasteiger charge is 2.35. The Labute approximate surface area is 367 Å². The maximum absolute atomic E-state index is 13.5. The molecule has 20 N–H and O–H groups in total. The molecule has 0 aliphatic heterocycles. The number of amides is 7. The predicted molar refractivity (Wildman–Crippen MR) is 233 cm³/mol. The Morgan fingerprint density at radius 2 is 0.937 bits per heavy atom. The number of hydrogen-bond acceptors (Lipinski definition) is 13. The van der Waals surface area contributed by atoms with Crippen LogP contribution in [0.15, 0.2) is 9.98 Å². The van der Waals surface area contributed by atoms with Crippen molar-refractivity contribution in [2.45, 2.75) is 142 Å². The van der Waals surface area contributed by atoms with Crippen molar-refractivity contribution in [3.8, 4) is 0 Å². The van der Waals surface area contributed by atoms with Gasteiger partial charge in [0.1, 0.15) is 36.3 Å². The van der Waals surface area contributed by atoms with Gasteiger partial charge in [-0.3, -0.25) is 43.5 Å². The molecule has 0 aromatic rings. The maximum Gasteiger partial charge on any atom is 0.328 e. The van der Waals surface area contributed by atoms with Crippen molar-refractivity contribution in [1.29, 1.82) is 0 Å². The lowest BCUT2D eigenvalue weighted by Crippen LogP contribution is -2.62. The average molecular weight is 901 g/mol. The van der Waals surface area contributed by atoms with Crippen molar-refractivity contribution in [2.75, 3.05) is 19.7 Å². The third kappa shape index (κ3) is 22.2. The first-order chi connectivity index (χ1) is 29.2. The number of nitrogens with one attached hydrogen (secondary N) is 7. The third-order valence-corrected chi connectivity index (χ3v) is 9.33. The minimum absolute atomic E-state index is 0.0458. The summed E-state index contributed by atoms with van der Waals surface area (Å²) < 4.78 is 0. The number of nitrogens with zero attached hydrogens (tertiary/aromatic N) is 2. The lowest BCUT2D eigenvalue weighted by atomic mass is 9.99.